The van der Waals surface area contributed by atoms with Gasteiger partial charge in [-0.1, -0.05) is 17.7 Å². The summed E-state index contributed by atoms with van der Waals surface area (Å²) in [7, 11) is 0. The number of primary amides is 1. The summed E-state index contributed by atoms with van der Waals surface area (Å²) in [5.74, 6) is -0.363. The Labute approximate surface area is 119 Å². The number of aryl methyl sites for hydroxylation is 2. The lowest BCUT2D eigenvalue weighted by atomic mass is 9.82. The molecule has 0 aromatic heterocycles. The molecule has 1 saturated carbocycles. The molecule has 0 aliphatic heterocycles. The summed E-state index contributed by atoms with van der Waals surface area (Å²) in [6, 6.07) is 6.48. The summed E-state index contributed by atoms with van der Waals surface area (Å²) in [5.41, 5.74) is 13.3. The number of thioether (sulfide) groups is 1. The maximum atomic E-state index is 11.5. The molecule has 1 fully saturated rings. The maximum Gasteiger partial charge on any atom is 0.237 e. The zero-order chi connectivity index (χ0) is 14.0. The Balaban J connectivity index is 2.09. The van der Waals surface area contributed by atoms with Gasteiger partial charge in [0, 0.05) is 10.1 Å². The highest BCUT2D eigenvalue weighted by atomic mass is 32.2. The minimum Gasteiger partial charge on any atom is -0.368 e. The van der Waals surface area contributed by atoms with Gasteiger partial charge in [-0.25, -0.2) is 0 Å². The first kappa shape index (κ1) is 14.4. The number of rotatable bonds is 3. The Kier molecular flexibility index (Phi) is 4.21. The average molecular weight is 278 g/mol. The predicted molar refractivity (Wildman–Crippen MR) is 80.1 cm³/mol. The third kappa shape index (κ3) is 3.31. The van der Waals surface area contributed by atoms with Crippen LogP contribution >= 0.6 is 11.8 Å². The summed E-state index contributed by atoms with van der Waals surface area (Å²) < 4.78 is 0. The quantitative estimate of drug-likeness (QED) is 0.892. The molecule has 1 aromatic carbocycles. The van der Waals surface area contributed by atoms with E-state index in [2.05, 4.69) is 32.0 Å². The minimum absolute atomic E-state index is 0.363. The maximum absolute atomic E-state index is 11.5. The fraction of sp³-hybridized carbons (Fsp3) is 0.533. The number of hydrogen-bond acceptors (Lipinski definition) is 3. The third-order valence-corrected chi connectivity index (χ3v) is 5.30. The van der Waals surface area contributed by atoms with Gasteiger partial charge in [-0.05, 0) is 51.2 Å². The summed E-state index contributed by atoms with van der Waals surface area (Å²) in [5, 5.41) is 0.382. The molecule has 0 spiro atoms. The second kappa shape index (κ2) is 5.55. The van der Waals surface area contributed by atoms with Gasteiger partial charge in [0.15, 0.2) is 0 Å². The number of amides is 1. The number of benzene rings is 1. The van der Waals surface area contributed by atoms with Crippen LogP contribution in [0.15, 0.2) is 23.1 Å². The summed E-state index contributed by atoms with van der Waals surface area (Å²) in [6.45, 7) is 4.22. The molecule has 0 bridgehead atoms. The van der Waals surface area contributed by atoms with Crippen LogP contribution in [0.2, 0.25) is 0 Å². The van der Waals surface area contributed by atoms with E-state index in [0.717, 1.165) is 12.8 Å². The van der Waals surface area contributed by atoms with Crippen molar-refractivity contribution in [2.45, 2.75) is 55.2 Å². The normalized spacial score (nSPS) is 27.2. The highest BCUT2D eigenvalue weighted by Crippen LogP contribution is 2.38. The van der Waals surface area contributed by atoms with E-state index in [-0.39, 0.29) is 5.91 Å². The molecule has 1 aliphatic rings. The van der Waals surface area contributed by atoms with Gasteiger partial charge in [0.1, 0.15) is 0 Å². The van der Waals surface area contributed by atoms with Gasteiger partial charge in [-0.15, -0.1) is 11.8 Å². The third-order valence-electron chi connectivity index (χ3n) is 3.86. The largest absolute Gasteiger partial charge is 0.368 e. The standard InChI is InChI=1S/C15H22N2OS/c1-10-5-6-13(11(2)8-10)19-12-4-3-7-15(17,9-12)14(16)18/h5-6,8,12H,3-4,7,9,17H2,1-2H3,(H2,16,18). The number of hydrogen-bond donors (Lipinski definition) is 2. The van der Waals surface area contributed by atoms with Crippen LogP contribution in [0.25, 0.3) is 0 Å². The highest BCUT2D eigenvalue weighted by Gasteiger charge is 2.38. The summed E-state index contributed by atoms with van der Waals surface area (Å²) in [6.07, 6.45) is 3.47. The van der Waals surface area contributed by atoms with Crippen molar-refractivity contribution in [3.8, 4) is 0 Å². The van der Waals surface area contributed by atoms with Crippen LogP contribution in [0.1, 0.15) is 36.8 Å². The topological polar surface area (TPSA) is 69.1 Å². The predicted octanol–water partition coefficient (Wildman–Crippen LogP) is 2.52. The van der Waals surface area contributed by atoms with E-state index in [9.17, 15) is 4.79 Å². The van der Waals surface area contributed by atoms with Crippen molar-refractivity contribution in [3.05, 3.63) is 29.3 Å². The summed E-state index contributed by atoms with van der Waals surface area (Å²) in [4.78, 5) is 12.8. The molecular formula is C15H22N2OS. The molecule has 104 valence electrons. The molecule has 4 N–H and O–H groups in total. The van der Waals surface area contributed by atoms with Crippen molar-refractivity contribution in [1.82, 2.24) is 0 Å². The van der Waals surface area contributed by atoms with Gasteiger partial charge in [0.2, 0.25) is 5.91 Å². The minimum atomic E-state index is -0.811. The highest BCUT2D eigenvalue weighted by molar-refractivity contribution is 8.00. The number of carbonyl (C=O) groups is 1. The Morgan fingerprint density at radius 3 is 2.79 bits per heavy atom. The van der Waals surface area contributed by atoms with Crippen molar-refractivity contribution in [3.63, 3.8) is 0 Å². The molecule has 2 rings (SSSR count). The van der Waals surface area contributed by atoms with Gasteiger partial charge in [0.25, 0.3) is 0 Å². The van der Waals surface area contributed by atoms with Crippen molar-refractivity contribution in [1.29, 1.82) is 0 Å². The molecule has 0 heterocycles. The first-order valence-electron chi connectivity index (χ1n) is 6.73. The molecular weight excluding hydrogens is 256 g/mol. The molecule has 4 heteroatoms. The van der Waals surface area contributed by atoms with Crippen LogP contribution < -0.4 is 11.5 Å². The van der Waals surface area contributed by atoms with E-state index in [0.29, 0.717) is 18.1 Å². The van der Waals surface area contributed by atoms with E-state index in [1.807, 2.05) is 11.8 Å². The Morgan fingerprint density at radius 1 is 1.42 bits per heavy atom. The van der Waals surface area contributed by atoms with Crippen LogP contribution in [0, 0.1) is 13.8 Å². The monoisotopic (exact) mass is 278 g/mol. The van der Waals surface area contributed by atoms with E-state index in [4.69, 9.17) is 11.5 Å². The van der Waals surface area contributed by atoms with Gasteiger partial charge in [0.05, 0.1) is 5.54 Å². The van der Waals surface area contributed by atoms with Crippen LogP contribution in [-0.4, -0.2) is 16.7 Å². The second-order valence-corrected chi connectivity index (χ2v) is 6.97. The first-order valence-corrected chi connectivity index (χ1v) is 7.61. The van der Waals surface area contributed by atoms with Crippen molar-refractivity contribution >= 4 is 17.7 Å². The van der Waals surface area contributed by atoms with Crippen LogP contribution in [0.3, 0.4) is 0 Å². The Morgan fingerprint density at radius 2 is 2.16 bits per heavy atom. The van der Waals surface area contributed by atoms with Crippen LogP contribution in [0.4, 0.5) is 0 Å². The van der Waals surface area contributed by atoms with Gasteiger partial charge >= 0.3 is 0 Å². The zero-order valence-electron chi connectivity index (χ0n) is 11.6. The molecule has 1 aliphatic carbocycles. The van der Waals surface area contributed by atoms with E-state index < -0.39 is 5.54 Å². The van der Waals surface area contributed by atoms with Crippen LogP contribution in [-0.2, 0) is 4.79 Å². The molecule has 2 atom stereocenters. The molecule has 19 heavy (non-hydrogen) atoms. The van der Waals surface area contributed by atoms with Crippen molar-refractivity contribution in [2.24, 2.45) is 11.5 Å². The molecule has 3 nitrogen and oxygen atoms in total. The van der Waals surface area contributed by atoms with E-state index in [1.165, 1.54) is 16.0 Å². The fourth-order valence-electron chi connectivity index (χ4n) is 2.69. The second-order valence-electron chi connectivity index (χ2n) is 5.63. The SMILES string of the molecule is Cc1ccc(SC2CCCC(N)(C(N)=O)C2)c(C)c1. The molecule has 0 radical (unpaired) electrons. The molecule has 1 amide bonds. The van der Waals surface area contributed by atoms with Gasteiger partial charge in [-0.2, -0.15) is 0 Å². The number of carbonyl (C=O) groups excluding carboxylic acids is 1. The van der Waals surface area contributed by atoms with Crippen molar-refractivity contribution in [2.75, 3.05) is 0 Å². The summed E-state index contributed by atoms with van der Waals surface area (Å²) >= 11 is 1.83. The lowest BCUT2D eigenvalue weighted by Crippen LogP contribution is -2.55. The number of nitrogens with two attached hydrogens (primary N) is 2. The molecule has 2 unspecified atom stereocenters. The average Bonchev–Trinajstić information content (AvgIpc) is 2.33. The Hall–Kier alpha value is -1.00. The Bertz CT molecular complexity index is 489. The van der Waals surface area contributed by atoms with Gasteiger partial charge in [-0.3, -0.25) is 4.79 Å². The lowest BCUT2D eigenvalue weighted by Gasteiger charge is -2.35. The molecule has 0 saturated heterocycles. The van der Waals surface area contributed by atoms with Crippen molar-refractivity contribution < 1.29 is 4.79 Å². The lowest BCUT2D eigenvalue weighted by molar-refractivity contribution is -0.124. The molecule has 1 aromatic rings. The van der Waals surface area contributed by atoms with Crippen LogP contribution in [0.5, 0.6) is 0 Å². The first-order chi connectivity index (χ1) is 8.90. The smallest absolute Gasteiger partial charge is 0.237 e. The van der Waals surface area contributed by atoms with Gasteiger partial charge < -0.3 is 11.5 Å². The fourth-order valence-corrected chi connectivity index (χ4v) is 4.11. The zero-order valence-corrected chi connectivity index (χ0v) is 12.4. The van der Waals surface area contributed by atoms with E-state index >= 15 is 0 Å². The van der Waals surface area contributed by atoms with E-state index in [1.54, 1.807) is 0 Å².